The zero-order valence-electron chi connectivity index (χ0n) is 4.98. The molecule has 42 valence electrons. The van der Waals surface area contributed by atoms with Crippen LogP contribution in [0.5, 0.6) is 0 Å². The fourth-order valence-electron chi connectivity index (χ4n) is 0.730. The summed E-state index contributed by atoms with van der Waals surface area (Å²) >= 11 is 0. The van der Waals surface area contributed by atoms with E-state index in [0.29, 0.717) is 6.10 Å². The Morgan fingerprint density at radius 3 is 2.71 bits per heavy atom. The van der Waals surface area contributed by atoms with Crippen molar-refractivity contribution < 1.29 is 4.74 Å². The highest BCUT2D eigenvalue weighted by molar-refractivity contribution is 6.11. The molecule has 0 bridgehead atoms. The summed E-state index contributed by atoms with van der Waals surface area (Å²) in [5.41, 5.74) is 0.951. The second kappa shape index (κ2) is 1.97. The van der Waals surface area contributed by atoms with Crippen LogP contribution in [0, 0.1) is 0 Å². The van der Waals surface area contributed by atoms with E-state index < -0.39 is 0 Å². The Labute approximate surface area is 47.5 Å². The highest BCUT2D eigenvalue weighted by Crippen LogP contribution is 2.19. The summed E-state index contributed by atoms with van der Waals surface area (Å²) in [7, 11) is 1.33. The van der Waals surface area contributed by atoms with Crippen LogP contribution >= 0.6 is 0 Å². The molecule has 1 aliphatic heterocycles. The SMILES string of the molecule is CC([SiH3])CC1CO1. The Morgan fingerprint density at radius 1 is 2.00 bits per heavy atom. The van der Waals surface area contributed by atoms with E-state index in [0.717, 1.165) is 12.1 Å². The molecule has 2 heteroatoms. The van der Waals surface area contributed by atoms with E-state index in [-0.39, 0.29) is 0 Å². The first-order valence-electron chi connectivity index (χ1n) is 2.90. The Morgan fingerprint density at radius 2 is 2.57 bits per heavy atom. The molecule has 0 amide bonds. The first kappa shape index (κ1) is 5.32. The van der Waals surface area contributed by atoms with Crippen molar-refractivity contribution in [3.63, 3.8) is 0 Å². The molecular weight excluding hydrogens is 104 g/mol. The Hall–Kier alpha value is 0.177. The number of hydrogen-bond donors (Lipinski definition) is 0. The summed E-state index contributed by atoms with van der Waals surface area (Å²) in [5.74, 6) is 0. The minimum atomic E-state index is 0.660. The molecular formula is C5H12OSi. The molecule has 1 nitrogen and oxygen atoms in total. The number of rotatable bonds is 2. The van der Waals surface area contributed by atoms with Crippen LogP contribution in [0.15, 0.2) is 0 Å². The minimum Gasteiger partial charge on any atom is -0.373 e. The fraction of sp³-hybridized carbons (Fsp3) is 1.00. The van der Waals surface area contributed by atoms with Crippen LogP contribution in [-0.2, 0) is 4.74 Å². The summed E-state index contributed by atoms with van der Waals surface area (Å²) in [4.78, 5) is 0. The van der Waals surface area contributed by atoms with Gasteiger partial charge in [0.15, 0.2) is 0 Å². The molecule has 0 N–H and O–H groups in total. The molecule has 0 saturated carbocycles. The van der Waals surface area contributed by atoms with Gasteiger partial charge in [-0.3, -0.25) is 0 Å². The first-order valence-corrected chi connectivity index (χ1v) is 4.06. The molecule has 1 saturated heterocycles. The number of hydrogen-bond acceptors (Lipinski definition) is 1. The third kappa shape index (κ3) is 2.09. The Kier molecular flexibility index (Phi) is 1.49. The molecule has 1 aliphatic rings. The van der Waals surface area contributed by atoms with Gasteiger partial charge in [-0.25, -0.2) is 0 Å². The zero-order valence-corrected chi connectivity index (χ0v) is 6.98. The molecule has 1 rings (SSSR count). The number of ether oxygens (including phenoxy) is 1. The van der Waals surface area contributed by atoms with Crippen molar-refractivity contribution in [2.45, 2.75) is 25.0 Å². The van der Waals surface area contributed by atoms with E-state index in [2.05, 4.69) is 6.92 Å². The van der Waals surface area contributed by atoms with Crippen molar-refractivity contribution in [1.82, 2.24) is 0 Å². The van der Waals surface area contributed by atoms with Crippen molar-refractivity contribution in [3.8, 4) is 0 Å². The summed E-state index contributed by atoms with van der Waals surface area (Å²) < 4.78 is 5.04. The van der Waals surface area contributed by atoms with Crippen molar-refractivity contribution in [2.24, 2.45) is 0 Å². The second-order valence-electron chi connectivity index (χ2n) is 2.58. The monoisotopic (exact) mass is 116 g/mol. The van der Waals surface area contributed by atoms with Gasteiger partial charge in [-0.2, -0.15) is 0 Å². The molecule has 0 aromatic heterocycles. The normalized spacial score (nSPS) is 33.0. The zero-order chi connectivity index (χ0) is 5.28. The summed E-state index contributed by atoms with van der Waals surface area (Å²) in [6.07, 6.45) is 1.97. The van der Waals surface area contributed by atoms with E-state index in [9.17, 15) is 0 Å². The molecule has 1 heterocycles. The van der Waals surface area contributed by atoms with Gasteiger partial charge in [0, 0.05) is 10.2 Å². The lowest BCUT2D eigenvalue weighted by atomic mass is 10.3. The van der Waals surface area contributed by atoms with Gasteiger partial charge in [-0.05, 0) is 6.42 Å². The highest BCUT2D eigenvalue weighted by atomic mass is 28.1. The third-order valence-electron chi connectivity index (χ3n) is 1.14. The predicted octanol–water partition coefficient (Wildman–Crippen LogP) is -0.0509. The lowest BCUT2D eigenvalue weighted by Gasteiger charge is -1.95. The molecule has 0 aromatic carbocycles. The van der Waals surface area contributed by atoms with E-state index in [1.54, 1.807) is 0 Å². The van der Waals surface area contributed by atoms with Crippen molar-refractivity contribution >= 4 is 10.2 Å². The Balaban J connectivity index is 1.97. The highest BCUT2D eigenvalue weighted by Gasteiger charge is 2.22. The Bertz CT molecular complexity index is 59.1. The summed E-state index contributed by atoms with van der Waals surface area (Å²) in [6, 6.07) is 0. The van der Waals surface area contributed by atoms with Crippen LogP contribution in [0.2, 0.25) is 5.54 Å². The summed E-state index contributed by atoms with van der Waals surface area (Å²) in [5, 5.41) is 0. The van der Waals surface area contributed by atoms with E-state index in [1.807, 2.05) is 0 Å². The maximum absolute atomic E-state index is 5.04. The molecule has 7 heavy (non-hydrogen) atoms. The third-order valence-corrected chi connectivity index (χ3v) is 1.61. The molecule has 0 aromatic rings. The van der Waals surface area contributed by atoms with Gasteiger partial charge < -0.3 is 4.74 Å². The van der Waals surface area contributed by atoms with Gasteiger partial charge in [-0.15, -0.1) is 0 Å². The lowest BCUT2D eigenvalue weighted by molar-refractivity contribution is 0.395. The van der Waals surface area contributed by atoms with E-state index in [1.165, 1.54) is 16.7 Å². The molecule has 0 radical (unpaired) electrons. The second-order valence-corrected chi connectivity index (χ2v) is 4.56. The first-order chi connectivity index (χ1) is 3.29. The maximum atomic E-state index is 5.04. The van der Waals surface area contributed by atoms with Crippen molar-refractivity contribution in [2.75, 3.05) is 6.61 Å². The fourth-order valence-corrected chi connectivity index (χ4v) is 1.26. The van der Waals surface area contributed by atoms with Crippen LogP contribution in [0.25, 0.3) is 0 Å². The van der Waals surface area contributed by atoms with Gasteiger partial charge in [0.1, 0.15) is 0 Å². The van der Waals surface area contributed by atoms with Gasteiger partial charge in [0.25, 0.3) is 0 Å². The van der Waals surface area contributed by atoms with Crippen LogP contribution in [0.4, 0.5) is 0 Å². The van der Waals surface area contributed by atoms with Crippen molar-refractivity contribution in [3.05, 3.63) is 0 Å². The van der Waals surface area contributed by atoms with Gasteiger partial charge >= 0.3 is 0 Å². The molecule has 1 fully saturated rings. The molecule has 2 atom stereocenters. The topological polar surface area (TPSA) is 12.5 Å². The van der Waals surface area contributed by atoms with Crippen molar-refractivity contribution in [1.29, 1.82) is 0 Å². The van der Waals surface area contributed by atoms with Gasteiger partial charge in [0.05, 0.1) is 12.7 Å². The van der Waals surface area contributed by atoms with Crippen LogP contribution < -0.4 is 0 Å². The quantitative estimate of drug-likeness (QED) is 0.364. The maximum Gasteiger partial charge on any atom is 0.0809 e. The van der Waals surface area contributed by atoms with Crippen LogP contribution in [-0.4, -0.2) is 23.0 Å². The average molecular weight is 116 g/mol. The number of epoxide rings is 1. The minimum absolute atomic E-state index is 0.660. The predicted molar refractivity (Wildman–Crippen MR) is 33.7 cm³/mol. The standard InChI is InChI=1S/C5H12OSi/c1-4(7)2-5-3-6-5/h4-5H,2-3H2,1,7H3. The summed E-state index contributed by atoms with van der Waals surface area (Å²) in [6.45, 7) is 3.32. The molecule has 0 aliphatic carbocycles. The van der Waals surface area contributed by atoms with Gasteiger partial charge in [0.2, 0.25) is 0 Å². The van der Waals surface area contributed by atoms with Crippen LogP contribution in [0.3, 0.4) is 0 Å². The average Bonchev–Trinajstić information content (AvgIpc) is 2.17. The van der Waals surface area contributed by atoms with Gasteiger partial charge in [-0.1, -0.05) is 12.5 Å². The molecule has 2 unspecified atom stereocenters. The van der Waals surface area contributed by atoms with Crippen LogP contribution in [0.1, 0.15) is 13.3 Å². The van der Waals surface area contributed by atoms with E-state index in [4.69, 9.17) is 4.74 Å². The van der Waals surface area contributed by atoms with E-state index >= 15 is 0 Å². The lowest BCUT2D eigenvalue weighted by Crippen LogP contribution is -1.90. The molecule has 0 spiro atoms. The smallest absolute Gasteiger partial charge is 0.0809 e. The largest absolute Gasteiger partial charge is 0.373 e.